The second-order valence-electron chi connectivity index (χ2n) is 6.47. The number of aliphatic hydroxyl groups excluding tert-OH is 1. The van der Waals surface area contributed by atoms with E-state index in [1.165, 1.54) is 13.3 Å². The number of hydrogen-bond donors (Lipinski definition) is 3. The summed E-state index contributed by atoms with van der Waals surface area (Å²) in [5, 5.41) is 13.9. The summed E-state index contributed by atoms with van der Waals surface area (Å²) in [4.78, 5) is 20.8. The first-order chi connectivity index (χ1) is 12.9. The van der Waals surface area contributed by atoms with E-state index < -0.39 is 38.3 Å². The van der Waals surface area contributed by atoms with E-state index in [4.69, 9.17) is 28.8 Å². The van der Waals surface area contributed by atoms with Crippen LogP contribution in [0.1, 0.15) is 6.92 Å². The van der Waals surface area contributed by atoms with E-state index >= 15 is 0 Å². The molecule has 4 N–H and O–H groups in total. The van der Waals surface area contributed by atoms with Crippen LogP contribution in [0, 0.1) is 0 Å². The number of aliphatic hydroxyl groups is 1. The van der Waals surface area contributed by atoms with Gasteiger partial charge in [0, 0.05) is 0 Å². The molecule has 0 bridgehead atoms. The number of aromatic nitrogens is 2. The number of nitrogens with two attached hydrogens (primary N) is 1. The van der Waals surface area contributed by atoms with Gasteiger partial charge in [-0.3, -0.25) is 0 Å². The number of nitrogens with zero attached hydrogens (tertiary/aromatic N) is 3. The van der Waals surface area contributed by atoms with E-state index in [0.29, 0.717) is 24.0 Å². The number of hydrogen-bond acceptors (Lipinski definition) is 12. The number of anilines is 3. The number of fused-ring (bicyclic) bond motifs is 2. The Bertz CT molecular complexity index is 747. The van der Waals surface area contributed by atoms with Crippen LogP contribution in [0.15, 0.2) is 6.33 Å². The Hall–Kier alpha value is -1.76. The number of rotatable bonds is 4. The molecule has 0 aromatic carbocycles. The molecule has 27 heavy (non-hydrogen) atoms. The average molecular weight is 401 g/mol. The van der Waals surface area contributed by atoms with Crippen molar-refractivity contribution < 1.29 is 32.9 Å². The molecule has 4 heterocycles. The number of esters is 1. The molecule has 0 aliphatic carbocycles. The molecule has 0 amide bonds. The van der Waals surface area contributed by atoms with E-state index in [-0.39, 0.29) is 13.4 Å². The summed E-state index contributed by atoms with van der Waals surface area (Å²) in [5.41, 5.74) is 6.45. The molecule has 0 saturated carbocycles. The molecule has 0 unspecified atom stereocenters. The standard InChI is InChI=1S/C13H21BN5O7P/c1-6(20)22-5-24-27(14)23-2-7-10(26-27)9(21)13(25-7)19-4-18-8-11(15)16-3-17-12(8)19/h3,7,9-10,13,18,21,27H,2,4-5,14H2,1H3,(H2,15,16,17)/t7-,9+,10+,13-/m1/s1. The molecule has 148 valence electrons. The van der Waals surface area contributed by atoms with Crippen molar-refractivity contribution in [3.8, 4) is 0 Å². The predicted octanol–water partition coefficient (Wildman–Crippen LogP) is -1.67. The number of nitrogen functional groups attached to an aromatic ring is 1. The van der Waals surface area contributed by atoms with Crippen molar-refractivity contribution in [3.63, 3.8) is 0 Å². The third-order valence-electron chi connectivity index (χ3n) is 4.61. The summed E-state index contributed by atoms with van der Waals surface area (Å²) in [6, 6.07) is 0. The van der Waals surface area contributed by atoms with E-state index in [9.17, 15) is 9.90 Å². The molecule has 0 radical (unpaired) electrons. The molecule has 14 heteroatoms. The first kappa shape index (κ1) is 18.6. The van der Waals surface area contributed by atoms with Gasteiger partial charge in [0.25, 0.3) is 0 Å². The normalized spacial score (nSPS) is 32.3. The van der Waals surface area contributed by atoms with Crippen LogP contribution >= 0.6 is 7.82 Å². The van der Waals surface area contributed by atoms with Gasteiger partial charge in [-0.05, 0) is 0 Å². The molecule has 3 aliphatic heterocycles. The Balaban J connectivity index is 1.46. The maximum atomic E-state index is 10.9. The maximum absolute atomic E-state index is 10.9. The minimum atomic E-state index is -3.08. The summed E-state index contributed by atoms with van der Waals surface area (Å²) in [5.74, 6) is 0.412. The Morgan fingerprint density at radius 1 is 1.59 bits per heavy atom. The third kappa shape index (κ3) is 3.42. The van der Waals surface area contributed by atoms with Crippen LogP contribution in [0.2, 0.25) is 0 Å². The van der Waals surface area contributed by atoms with Crippen LogP contribution in [0.3, 0.4) is 0 Å². The van der Waals surface area contributed by atoms with Gasteiger partial charge in [0.05, 0.1) is 0 Å². The first-order valence-corrected chi connectivity index (χ1v) is 10.6. The summed E-state index contributed by atoms with van der Waals surface area (Å²) in [7, 11) is -1.40. The van der Waals surface area contributed by atoms with Crippen molar-refractivity contribution in [2.24, 2.45) is 0 Å². The number of ether oxygens (including phenoxy) is 2. The Labute approximate surface area is 156 Å². The molecule has 0 spiro atoms. The Morgan fingerprint density at radius 3 is 3.19 bits per heavy atom. The van der Waals surface area contributed by atoms with Crippen LogP contribution in [-0.4, -0.2) is 73.2 Å². The summed E-state index contributed by atoms with van der Waals surface area (Å²) in [6.45, 7) is 1.57. The molecule has 2 fully saturated rings. The second kappa shape index (κ2) is 7.00. The van der Waals surface area contributed by atoms with Crippen LogP contribution in [-0.2, 0) is 27.8 Å². The molecular formula is C13H21BN5O7P. The predicted molar refractivity (Wildman–Crippen MR) is 97.5 cm³/mol. The van der Waals surface area contributed by atoms with Gasteiger partial charge < -0.3 is 0 Å². The van der Waals surface area contributed by atoms with E-state index in [1.54, 1.807) is 12.5 Å². The van der Waals surface area contributed by atoms with Gasteiger partial charge in [-0.2, -0.15) is 0 Å². The van der Waals surface area contributed by atoms with E-state index in [1.807, 2.05) is 0 Å². The van der Waals surface area contributed by atoms with E-state index in [0.717, 1.165) is 0 Å². The van der Waals surface area contributed by atoms with Gasteiger partial charge in [-0.25, -0.2) is 0 Å². The van der Waals surface area contributed by atoms with Crippen LogP contribution in [0.25, 0.3) is 0 Å². The number of nitrogens with one attached hydrogen (secondary N) is 1. The van der Waals surface area contributed by atoms with Gasteiger partial charge >= 0.3 is 155 Å². The third-order valence-corrected chi connectivity index (χ3v) is 6.65. The van der Waals surface area contributed by atoms with Gasteiger partial charge in [-0.1, -0.05) is 0 Å². The zero-order valence-corrected chi connectivity index (χ0v) is 15.8. The van der Waals surface area contributed by atoms with Crippen molar-refractivity contribution in [2.75, 3.05) is 36.0 Å². The van der Waals surface area contributed by atoms with Crippen molar-refractivity contribution in [1.82, 2.24) is 9.97 Å². The van der Waals surface area contributed by atoms with Crippen molar-refractivity contribution >= 4 is 38.7 Å². The zero-order chi connectivity index (χ0) is 19.2. The molecule has 4 rings (SSSR count). The van der Waals surface area contributed by atoms with Gasteiger partial charge in [-0.15, -0.1) is 0 Å². The average Bonchev–Trinajstić information content (AvgIpc) is 3.17. The first-order valence-electron chi connectivity index (χ1n) is 8.41. The molecule has 1 aromatic rings. The Kier molecular flexibility index (Phi) is 4.83. The van der Waals surface area contributed by atoms with Crippen molar-refractivity contribution in [1.29, 1.82) is 0 Å². The fraction of sp³-hybridized carbons (Fsp3) is 0.615. The molecule has 1 aromatic heterocycles. The van der Waals surface area contributed by atoms with Gasteiger partial charge in [0.2, 0.25) is 0 Å². The SMILES string of the molecule is B[PH]1(OCOC(C)=O)OC[C@H]2O[C@@H](N3CNc4c(N)ncnc43)[C@@H](O)[C@H]2O1. The topological polar surface area (TPSA) is 151 Å². The molecule has 2 saturated heterocycles. The van der Waals surface area contributed by atoms with E-state index in [2.05, 4.69) is 15.3 Å². The van der Waals surface area contributed by atoms with Crippen LogP contribution < -0.4 is 16.0 Å². The minimum absolute atomic E-state index is 0.195. The molecule has 4 atom stereocenters. The number of carbonyl (C=O) groups excluding carboxylic acids is 1. The van der Waals surface area contributed by atoms with Gasteiger partial charge in [0.15, 0.2) is 0 Å². The number of carbonyl (C=O) groups is 1. The quantitative estimate of drug-likeness (QED) is 0.229. The van der Waals surface area contributed by atoms with Crippen LogP contribution in [0.5, 0.6) is 0 Å². The zero-order valence-electron chi connectivity index (χ0n) is 14.8. The molecule has 3 aliphatic rings. The molecule has 12 nitrogen and oxygen atoms in total. The summed E-state index contributed by atoms with van der Waals surface area (Å²) >= 11 is 0. The van der Waals surface area contributed by atoms with Gasteiger partial charge in [0.1, 0.15) is 0 Å². The fourth-order valence-electron chi connectivity index (χ4n) is 3.29. The molecular weight excluding hydrogens is 380 g/mol. The van der Waals surface area contributed by atoms with Crippen molar-refractivity contribution in [2.45, 2.75) is 31.5 Å². The fourth-order valence-corrected chi connectivity index (χ4v) is 5.04. The summed E-state index contributed by atoms with van der Waals surface area (Å²) < 4.78 is 27.8. The van der Waals surface area contributed by atoms with Crippen LogP contribution in [0.4, 0.5) is 17.3 Å². The second-order valence-corrected chi connectivity index (χ2v) is 9.01. The summed E-state index contributed by atoms with van der Waals surface area (Å²) in [6.07, 6.45) is -1.41. The van der Waals surface area contributed by atoms with Crippen molar-refractivity contribution in [3.05, 3.63) is 6.33 Å². The Morgan fingerprint density at radius 2 is 2.41 bits per heavy atom. The monoisotopic (exact) mass is 401 g/mol.